The predicted molar refractivity (Wildman–Crippen MR) is 213 cm³/mol. The number of carbonyl (C=O) groups excluding carboxylic acids is 4. The number of fused-ring (bicyclic) bond motifs is 4. The summed E-state index contributed by atoms with van der Waals surface area (Å²) in [6.07, 6.45) is 0. The van der Waals surface area contributed by atoms with Gasteiger partial charge in [-0.2, -0.15) is 0 Å². The lowest BCUT2D eigenvalue weighted by molar-refractivity contribution is 0.0618. The van der Waals surface area contributed by atoms with Gasteiger partial charge in [0, 0.05) is 33.0 Å². The molecule has 0 N–H and O–H groups in total. The average Bonchev–Trinajstić information content (AvgIpc) is 3.20. The Kier molecular flexibility index (Phi) is 6.14. The van der Waals surface area contributed by atoms with Crippen molar-refractivity contribution in [3.63, 3.8) is 0 Å². The zero-order valence-corrected chi connectivity index (χ0v) is 29.2. The standard InChI is InChI=1S/C48H28N2O4/c1-25(29-15-7-11-27-9-3-5-13-31(27)29)49-45(51)37-21-17-33-35-19-23-39-44-40(24-20-36(42(35)44)34-18-22-38(46(49)52)43(37)41(33)34)48(54)50(47(39)53)26(2)30-16-8-12-28-10-4-6-14-32(28)30/h3-24H,1-2H3. The van der Waals surface area contributed by atoms with Crippen molar-refractivity contribution in [2.75, 3.05) is 0 Å². The van der Waals surface area contributed by atoms with E-state index in [2.05, 4.69) is 0 Å². The molecule has 6 heteroatoms. The van der Waals surface area contributed by atoms with Gasteiger partial charge in [-0.05, 0) is 103 Å². The van der Waals surface area contributed by atoms with Crippen LogP contribution in [-0.4, -0.2) is 33.4 Å². The second-order valence-electron chi connectivity index (χ2n) is 14.3. The number of hydrogen-bond donors (Lipinski definition) is 0. The summed E-state index contributed by atoms with van der Waals surface area (Å²) >= 11 is 0. The molecule has 6 nitrogen and oxygen atoms in total. The van der Waals surface area contributed by atoms with Gasteiger partial charge in [0.05, 0.1) is 0 Å². The van der Waals surface area contributed by atoms with E-state index in [0.717, 1.165) is 65.0 Å². The van der Waals surface area contributed by atoms with Crippen molar-refractivity contribution in [1.29, 1.82) is 0 Å². The van der Waals surface area contributed by atoms with E-state index in [1.165, 1.54) is 9.80 Å². The van der Waals surface area contributed by atoms with E-state index in [-0.39, 0.29) is 23.6 Å². The molecule has 254 valence electrons. The summed E-state index contributed by atoms with van der Waals surface area (Å²) in [6.45, 7) is 3.65. The lowest BCUT2D eigenvalue weighted by Crippen LogP contribution is -2.42. The highest BCUT2D eigenvalue weighted by Gasteiger charge is 2.40. The normalized spacial score (nSPS) is 14.5. The van der Waals surface area contributed by atoms with E-state index >= 15 is 0 Å². The highest BCUT2D eigenvalue weighted by Crippen LogP contribution is 2.47. The second-order valence-corrected chi connectivity index (χ2v) is 14.3. The Balaban J connectivity index is 1.08. The van der Waals surface area contributed by atoms with E-state index in [0.29, 0.717) is 45.1 Å². The molecular weight excluding hydrogens is 669 g/mol. The number of nitrogens with zero attached hydrogens (tertiary/aromatic N) is 2. The largest absolute Gasteiger partial charge is 0.269 e. The Hall–Kier alpha value is -6.92. The van der Waals surface area contributed by atoms with Crippen LogP contribution < -0.4 is 0 Å². The molecule has 4 amide bonds. The van der Waals surface area contributed by atoms with E-state index in [9.17, 15) is 19.2 Å². The Morgan fingerprint density at radius 3 is 1.00 bits per heavy atom. The first-order valence-corrected chi connectivity index (χ1v) is 17.9. The average molecular weight is 697 g/mol. The Morgan fingerprint density at radius 2 is 0.648 bits per heavy atom. The summed E-state index contributed by atoms with van der Waals surface area (Å²) in [5.74, 6) is -1.47. The molecule has 2 radical (unpaired) electrons. The van der Waals surface area contributed by atoms with Gasteiger partial charge in [0.2, 0.25) is 0 Å². The van der Waals surface area contributed by atoms with Crippen LogP contribution in [0.1, 0.15) is 66.4 Å². The second kappa shape index (κ2) is 10.8. The van der Waals surface area contributed by atoms with Crippen molar-refractivity contribution in [3.8, 4) is 0 Å². The number of benzene rings is 9. The van der Waals surface area contributed by atoms with E-state index < -0.39 is 0 Å². The Labute approximate surface area is 309 Å². The highest BCUT2D eigenvalue weighted by molar-refractivity contribution is 6.41. The van der Waals surface area contributed by atoms with E-state index in [1.54, 1.807) is 0 Å². The van der Waals surface area contributed by atoms with Crippen LogP contribution in [0.3, 0.4) is 0 Å². The minimum absolute atomic E-state index is 0.369. The molecule has 54 heavy (non-hydrogen) atoms. The molecule has 0 atom stereocenters. The van der Waals surface area contributed by atoms with Gasteiger partial charge in [0.25, 0.3) is 23.6 Å². The van der Waals surface area contributed by atoms with Crippen LogP contribution in [0.2, 0.25) is 0 Å². The molecule has 0 aliphatic carbocycles. The van der Waals surface area contributed by atoms with Crippen LogP contribution in [0.25, 0.3) is 64.6 Å². The Bertz CT molecular complexity index is 2850. The number of carbonyl (C=O) groups is 4. The van der Waals surface area contributed by atoms with Gasteiger partial charge in [-0.1, -0.05) is 109 Å². The minimum Gasteiger partial charge on any atom is -0.269 e. The van der Waals surface area contributed by atoms with Gasteiger partial charge >= 0.3 is 0 Å². The molecule has 0 spiro atoms. The third-order valence-corrected chi connectivity index (χ3v) is 11.7. The number of rotatable bonds is 4. The van der Waals surface area contributed by atoms with E-state index in [4.69, 9.17) is 0 Å². The topological polar surface area (TPSA) is 74.8 Å². The minimum atomic E-state index is -0.369. The van der Waals surface area contributed by atoms with Crippen molar-refractivity contribution >= 4 is 88.3 Å². The molecule has 11 rings (SSSR count). The summed E-state index contributed by atoms with van der Waals surface area (Å²) in [5, 5.41) is 10.3. The molecule has 0 saturated carbocycles. The van der Waals surface area contributed by atoms with Crippen molar-refractivity contribution in [2.24, 2.45) is 0 Å². The third-order valence-electron chi connectivity index (χ3n) is 11.7. The monoisotopic (exact) mass is 696 g/mol. The lowest BCUT2D eigenvalue weighted by Gasteiger charge is -2.33. The maximum Gasteiger partial charge on any atom is 0.262 e. The van der Waals surface area contributed by atoms with Gasteiger partial charge in [0.15, 0.2) is 0 Å². The fourth-order valence-corrected chi connectivity index (χ4v) is 9.20. The molecule has 0 unspecified atom stereocenters. The summed E-state index contributed by atoms with van der Waals surface area (Å²) < 4.78 is 0. The number of amides is 4. The fourth-order valence-electron chi connectivity index (χ4n) is 9.20. The van der Waals surface area contributed by atoms with Gasteiger partial charge in [-0.15, -0.1) is 0 Å². The van der Waals surface area contributed by atoms with Crippen molar-refractivity contribution in [3.05, 3.63) is 179 Å². The maximum atomic E-state index is 14.4. The molecule has 9 aromatic rings. The zero-order chi connectivity index (χ0) is 36.6. The van der Waals surface area contributed by atoms with Crippen LogP contribution in [0.5, 0.6) is 0 Å². The first-order valence-electron chi connectivity index (χ1n) is 17.9. The molecule has 0 bridgehead atoms. The molecule has 9 aromatic carbocycles. The number of imide groups is 2. The summed E-state index contributed by atoms with van der Waals surface area (Å²) in [4.78, 5) is 60.2. The van der Waals surface area contributed by atoms with Crippen LogP contribution in [-0.2, 0) is 0 Å². The SMILES string of the molecule is C[C](c1cccc2ccccc12)N1C(=O)c2ccc3c4ccc5c6c(ccc(c7ccc(c2c37)C1=O)c64)C(=O)N([C](C)c1cccc2ccccc12)C5=O. The van der Waals surface area contributed by atoms with Crippen LogP contribution in [0.15, 0.2) is 133 Å². The van der Waals surface area contributed by atoms with E-state index in [1.807, 2.05) is 147 Å². The Morgan fingerprint density at radius 1 is 0.333 bits per heavy atom. The van der Waals surface area contributed by atoms with Crippen molar-refractivity contribution in [2.45, 2.75) is 13.8 Å². The van der Waals surface area contributed by atoms with Gasteiger partial charge < -0.3 is 0 Å². The van der Waals surface area contributed by atoms with Crippen molar-refractivity contribution in [1.82, 2.24) is 9.80 Å². The summed E-state index contributed by atoms with van der Waals surface area (Å²) in [6, 6.07) is 43.8. The molecule has 2 heterocycles. The molecule has 0 aromatic heterocycles. The summed E-state index contributed by atoms with van der Waals surface area (Å²) in [5.41, 5.74) is 3.48. The van der Waals surface area contributed by atoms with Gasteiger partial charge in [-0.25, -0.2) is 0 Å². The maximum absolute atomic E-state index is 14.4. The third kappa shape index (κ3) is 3.84. The molecule has 2 aliphatic rings. The zero-order valence-electron chi connectivity index (χ0n) is 29.2. The summed E-state index contributed by atoms with van der Waals surface area (Å²) in [7, 11) is 0. The van der Waals surface area contributed by atoms with Gasteiger partial charge in [0.1, 0.15) is 12.1 Å². The van der Waals surface area contributed by atoms with Crippen molar-refractivity contribution < 1.29 is 19.2 Å². The quantitative estimate of drug-likeness (QED) is 0.104. The molecule has 0 saturated heterocycles. The lowest BCUT2D eigenvalue weighted by atomic mass is 9.81. The molecule has 2 aliphatic heterocycles. The van der Waals surface area contributed by atoms with Crippen LogP contribution in [0.4, 0.5) is 0 Å². The molecular formula is C48H28N2O4. The fraction of sp³-hybridized carbons (Fsp3) is 0.0417. The first-order chi connectivity index (χ1) is 26.3. The smallest absolute Gasteiger partial charge is 0.262 e. The highest BCUT2D eigenvalue weighted by atomic mass is 16.2. The van der Waals surface area contributed by atoms with Gasteiger partial charge in [-0.3, -0.25) is 29.0 Å². The van der Waals surface area contributed by atoms with Crippen LogP contribution >= 0.6 is 0 Å². The first kappa shape index (κ1) is 30.7. The number of hydrogen-bond acceptors (Lipinski definition) is 4. The predicted octanol–water partition coefficient (Wildman–Crippen LogP) is 10.4. The molecule has 0 fully saturated rings. The van der Waals surface area contributed by atoms with Crippen LogP contribution in [0, 0.1) is 12.1 Å².